The Morgan fingerprint density at radius 1 is 1.47 bits per heavy atom. The Labute approximate surface area is 99.7 Å². The van der Waals surface area contributed by atoms with Crippen LogP contribution in [0.25, 0.3) is 0 Å². The van der Waals surface area contributed by atoms with Crippen molar-refractivity contribution in [3.63, 3.8) is 0 Å². The van der Waals surface area contributed by atoms with E-state index < -0.39 is 0 Å². The third kappa shape index (κ3) is 2.62. The third-order valence-corrected chi connectivity index (χ3v) is 3.66. The van der Waals surface area contributed by atoms with Crippen molar-refractivity contribution in [2.24, 2.45) is 0 Å². The largest absolute Gasteiger partial charge is 0.440 e. The minimum Gasteiger partial charge on any atom is -0.440 e. The summed E-state index contributed by atoms with van der Waals surface area (Å²) in [5.41, 5.74) is 0.874. The maximum Gasteiger partial charge on any atom is 0.260 e. The van der Waals surface area contributed by atoms with Gasteiger partial charge in [-0.15, -0.1) is 0 Å². The van der Waals surface area contributed by atoms with E-state index in [1.54, 1.807) is 12.5 Å². The SMILES string of the molecule is OCc1ccc(Sc2ncco2)c(Br)c1. The first kappa shape index (κ1) is 10.7. The molecule has 0 unspecified atom stereocenters. The van der Waals surface area contributed by atoms with E-state index in [1.807, 2.05) is 18.2 Å². The van der Waals surface area contributed by atoms with Crippen molar-refractivity contribution < 1.29 is 9.52 Å². The maximum atomic E-state index is 8.95. The summed E-state index contributed by atoms with van der Waals surface area (Å²) in [5, 5.41) is 9.56. The van der Waals surface area contributed by atoms with Gasteiger partial charge in [0.15, 0.2) is 0 Å². The molecule has 0 amide bonds. The number of oxazole rings is 1. The summed E-state index contributed by atoms with van der Waals surface area (Å²) in [6.45, 7) is 0.0442. The van der Waals surface area contributed by atoms with E-state index in [1.165, 1.54) is 11.8 Å². The lowest BCUT2D eigenvalue weighted by Gasteiger charge is -2.02. The second-order valence-corrected chi connectivity index (χ2v) is 4.67. The van der Waals surface area contributed by atoms with Crippen LogP contribution in [-0.2, 0) is 6.61 Å². The molecule has 0 saturated heterocycles. The first-order chi connectivity index (χ1) is 7.29. The Kier molecular flexibility index (Phi) is 3.45. The molecular weight excluding hydrogens is 278 g/mol. The van der Waals surface area contributed by atoms with Gasteiger partial charge in [-0.25, -0.2) is 4.98 Å². The molecular formula is C10H8BrNO2S. The number of benzene rings is 1. The van der Waals surface area contributed by atoms with Gasteiger partial charge >= 0.3 is 0 Å². The van der Waals surface area contributed by atoms with Crippen LogP contribution in [0.5, 0.6) is 0 Å². The number of hydrogen-bond acceptors (Lipinski definition) is 4. The van der Waals surface area contributed by atoms with Crippen molar-refractivity contribution in [2.75, 3.05) is 0 Å². The number of aromatic nitrogens is 1. The Hall–Kier alpha value is -0.780. The van der Waals surface area contributed by atoms with Crippen molar-refractivity contribution >= 4 is 27.7 Å². The second kappa shape index (κ2) is 4.83. The quantitative estimate of drug-likeness (QED) is 0.941. The fourth-order valence-corrected chi connectivity index (χ4v) is 2.45. The highest BCUT2D eigenvalue weighted by atomic mass is 79.9. The molecule has 0 radical (unpaired) electrons. The Morgan fingerprint density at radius 2 is 2.33 bits per heavy atom. The highest BCUT2D eigenvalue weighted by molar-refractivity contribution is 9.10. The molecule has 0 aliphatic rings. The first-order valence-electron chi connectivity index (χ1n) is 4.26. The molecule has 0 bridgehead atoms. The van der Waals surface area contributed by atoms with E-state index in [4.69, 9.17) is 9.52 Å². The van der Waals surface area contributed by atoms with E-state index in [2.05, 4.69) is 20.9 Å². The zero-order valence-corrected chi connectivity index (χ0v) is 10.1. The van der Waals surface area contributed by atoms with E-state index >= 15 is 0 Å². The number of rotatable bonds is 3. The predicted octanol–water partition coefficient (Wildman–Crippen LogP) is 3.08. The molecule has 1 aromatic heterocycles. The van der Waals surface area contributed by atoms with Crippen molar-refractivity contribution in [1.82, 2.24) is 4.98 Å². The van der Waals surface area contributed by atoms with Crippen LogP contribution in [0.4, 0.5) is 0 Å². The summed E-state index contributed by atoms with van der Waals surface area (Å²) in [5.74, 6) is 0. The Morgan fingerprint density at radius 3 is 2.93 bits per heavy atom. The topological polar surface area (TPSA) is 46.3 Å². The fraction of sp³-hybridized carbons (Fsp3) is 0.100. The Balaban J connectivity index is 2.22. The van der Waals surface area contributed by atoms with Gasteiger partial charge in [0.05, 0.1) is 12.8 Å². The molecule has 1 heterocycles. The van der Waals surface area contributed by atoms with Gasteiger partial charge in [0.2, 0.25) is 0 Å². The van der Waals surface area contributed by atoms with E-state index in [-0.39, 0.29) is 6.61 Å². The number of nitrogens with zero attached hydrogens (tertiary/aromatic N) is 1. The van der Waals surface area contributed by atoms with Crippen LogP contribution in [0.15, 0.2) is 49.7 Å². The van der Waals surface area contributed by atoms with Crippen molar-refractivity contribution in [3.8, 4) is 0 Å². The lowest BCUT2D eigenvalue weighted by molar-refractivity contribution is 0.281. The van der Waals surface area contributed by atoms with Gasteiger partial charge in [-0.3, -0.25) is 0 Å². The first-order valence-corrected chi connectivity index (χ1v) is 5.87. The molecule has 3 nitrogen and oxygen atoms in total. The number of halogens is 1. The maximum absolute atomic E-state index is 8.95. The summed E-state index contributed by atoms with van der Waals surface area (Å²) in [6, 6.07) is 5.67. The monoisotopic (exact) mass is 285 g/mol. The zero-order valence-electron chi connectivity index (χ0n) is 7.68. The zero-order chi connectivity index (χ0) is 10.7. The average Bonchev–Trinajstić information content (AvgIpc) is 2.74. The van der Waals surface area contributed by atoms with Crippen molar-refractivity contribution in [3.05, 3.63) is 40.7 Å². The molecule has 0 fully saturated rings. The number of aliphatic hydroxyl groups excluding tert-OH is 1. The normalized spacial score (nSPS) is 10.5. The van der Waals surface area contributed by atoms with Gasteiger partial charge in [-0.2, -0.15) is 0 Å². The van der Waals surface area contributed by atoms with Gasteiger partial charge in [0.25, 0.3) is 5.22 Å². The van der Waals surface area contributed by atoms with Crippen LogP contribution < -0.4 is 0 Å². The second-order valence-electron chi connectivity index (χ2n) is 2.82. The van der Waals surface area contributed by atoms with Crippen LogP contribution in [0, 0.1) is 0 Å². The van der Waals surface area contributed by atoms with Crippen LogP contribution in [0.1, 0.15) is 5.56 Å². The highest BCUT2D eigenvalue weighted by Crippen LogP contribution is 2.32. The van der Waals surface area contributed by atoms with Gasteiger partial charge < -0.3 is 9.52 Å². The predicted molar refractivity (Wildman–Crippen MR) is 60.7 cm³/mol. The summed E-state index contributed by atoms with van der Waals surface area (Å²) in [4.78, 5) is 5.03. The van der Waals surface area contributed by atoms with Crippen molar-refractivity contribution in [1.29, 1.82) is 0 Å². The minimum absolute atomic E-state index is 0.0442. The minimum atomic E-state index is 0.0442. The Bertz CT molecular complexity index is 445. The van der Waals surface area contributed by atoms with Crippen molar-refractivity contribution in [2.45, 2.75) is 16.7 Å². The molecule has 0 aliphatic carbocycles. The molecule has 2 aromatic rings. The fourth-order valence-electron chi connectivity index (χ4n) is 1.08. The smallest absolute Gasteiger partial charge is 0.260 e. The standard InChI is InChI=1S/C10H8BrNO2S/c11-8-5-7(6-13)1-2-9(8)15-10-12-3-4-14-10/h1-5,13H,6H2. The summed E-state index contributed by atoms with van der Waals surface area (Å²) in [7, 11) is 0. The molecule has 0 saturated carbocycles. The molecule has 0 atom stereocenters. The van der Waals surface area contributed by atoms with Crippen LogP contribution in [0.2, 0.25) is 0 Å². The van der Waals surface area contributed by atoms with E-state index in [9.17, 15) is 0 Å². The summed E-state index contributed by atoms with van der Waals surface area (Å²) >= 11 is 4.87. The highest BCUT2D eigenvalue weighted by Gasteiger charge is 2.06. The van der Waals surface area contributed by atoms with Gasteiger partial charge in [0, 0.05) is 9.37 Å². The molecule has 2 rings (SSSR count). The van der Waals surface area contributed by atoms with Crippen LogP contribution >= 0.6 is 27.7 Å². The lowest BCUT2D eigenvalue weighted by Crippen LogP contribution is -1.84. The summed E-state index contributed by atoms with van der Waals surface area (Å²) in [6.07, 6.45) is 3.15. The van der Waals surface area contributed by atoms with Gasteiger partial charge in [-0.1, -0.05) is 6.07 Å². The third-order valence-electron chi connectivity index (χ3n) is 1.79. The molecule has 1 N–H and O–H groups in total. The molecule has 5 heteroatoms. The number of hydrogen-bond donors (Lipinski definition) is 1. The van der Waals surface area contributed by atoms with E-state index in [0.717, 1.165) is 14.9 Å². The molecule has 78 valence electrons. The van der Waals surface area contributed by atoms with Gasteiger partial charge in [0.1, 0.15) is 6.26 Å². The van der Waals surface area contributed by atoms with Crippen LogP contribution in [-0.4, -0.2) is 10.1 Å². The molecule has 0 spiro atoms. The molecule has 15 heavy (non-hydrogen) atoms. The molecule has 0 aliphatic heterocycles. The molecule has 1 aromatic carbocycles. The summed E-state index contributed by atoms with van der Waals surface area (Å²) < 4.78 is 6.06. The average molecular weight is 286 g/mol. The lowest BCUT2D eigenvalue weighted by atomic mass is 10.2. The van der Waals surface area contributed by atoms with Gasteiger partial charge in [-0.05, 0) is 45.4 Å². The van der Waals surface area contributed by atoms with E-state index in [0.29, 0.717) is 5.22 Å². The number of aliphatic hydroxyl groups is 1. The van der Waals surface area contributed by atoms with Crippen LogP contribution in [0.3, 0.4) is 0 Å².